The molecule has 23 heavy (non-hydrogen) atoms. The van der Waals surface area contributed by atoms with Gasteiger partial charge in [0.05, 0.1) is 0 Å². The highest BCUT2D eigenvalue weighted by Crippen LogP contribution is 2.37. The molecule has 122 valence electrons. The maximum Gasteiger partial charge on any atom is 0.249 e. The lowest BCUT2D eigenvalue weighted by Gasteiger charge is -2.29. The minimum absolute atomic E-state index is 0.461. The molecule has 1 aromatic carbocycles. The first-order chi connectivity index (χ1) is 11.2. The van der Waals surface area contributed by atoms with E-state index in [9.17, 15) is 4.79 Å². The molecule has 0 saturated heterocycles. The lowest BCUT2D eigenvalue weighted by molar-refractivity contribution is 0.100. The van der Waals surface area contributed by atoms with Crippen molar-refractivity contribution in [3.8, 4) is 0 Å². The quantitative estimate of drug-likeness (QED) is 0.195. The van der Waals surface area contributed by atoms with Crippen LogP contribution in [0.25, 0.3) is 10.4 Å². The second-order valence-corrected chi connectivity index (χ2v) is 6.41. The number of unbranched alkanes of at least 4 members (excludes halogenated alkanes) is 2. The van der Waals surface area contributed by atoms with E-state index in [-0.39, 0.29) is 0 Å². The summed E-state index contributed by atoms with van der Waals surface area (Å²) in [4.78, 5) is 14.0. The third kappa shape index (κ3) is 5.26. The van der Waals surface area contributed by atoms with Crippen molar-refractivity contribution in [3.05, 3.63) is 58.5 Å². The maximum absolute atomic E-state index is 11.5. The molecule has 0 bridgehead atoms. The molecule has 2 rings (SSSR count). The second-order valence-electron chi connectivity index (χ2n) is 6.41. The average molecular weight is 311 g/mol. The lowest BCUT2D eigenvalue weighted by atomic mass is 9.77. The van der Waals surface area contributed by atoms with E-state index in [1.807, 2.05) is 18.2 Å². The molecule has 4 heteroatoms. The van der Waals surface area contributed by atoms with Crippen LogP contribution in [0.2, 0.25) is 0 Å². The van der Waals surface area contributed by atoms with E-state index in [0.29, 0.717) is 11.5 Å². The van der Waals surface area contributed by atoms with Crippen molar-refractivity contribution in [2.24, 2.45) is 11.0 Å². The molecule has 1 aliphatic carbocycles. The van der Waals surface area contributed by atoms with Crippen molar-refractivity contribution >= 4 is 5.91 Å². The van der Waals surface area contributed by atoms with Gasteiger partial charge in [0.2, 0.25) is 5.91 Å². The van der Waals surface area contributed by atoms with E-state index >= 15 is 0 Å². The molecule has 0 radical (unpaired) electrons. The van der Waals surface area contributed by atoms with Crippen LogP contribution >= 0.6 is 0 Å². The molecule has 0 heterocycles. The Morgan fingerprint density at radius 1 is 1.22 bits per heavy atom. The van der Waals surface area contributed by atoms with Crippen LogP contribution in [0.15, 0.2) is 42.0 Å². The Morgan fingerprint density at radius 3 is 2.52 bits per heavy atom. The lowest BCUT2D eigenvalue weighted by Crippen LogP contribution is -2.13. The van der Waals surface area contributed by atoms with Crippen LogP contribution in [0.3, 0.4) is 0 Å². The van der Waals surface area contributed by atoms with Gasteiger partial charge >= 0.3 is 0 Å². The van der Waals surface area contributed by atoms with Gasteiger partial charge in [0.15, 0.2) is 0 Å². The number of hydrogen-bond donors (Lipinski definition) is 0. The normalized spacial score (nSPS) is 20.5. The van der Waals surface area contributed by atoms with E-state index in [1.165, 1.54) is 50.5 Å². The second kappa shape index (κ2) is 9.16. The Morgan fingerprint density at radius 2 is 1.91 bits per heavy atom. The number of carbonyl (C=O) groups is 1. The summed E-state index contributed by atoms with van der Waals surface area (Å²) < 4.78 is 0. The minimum Gasteiger partial charge on any atom is -0.287 e. The van der Waals surface area contributed by atoms with Gasteiger partial charge in [-0.05, 0) is 66.6 Å². The predicted molar refractivity (Wildman–Crippen MR) is 93.3 cm³/mol. The fourth-order valence-electron chi connectivity index (χ4n) is 3.50. The van der Waals surface area contributed by atoms with Gasteiger partial charge in [-0.25, -0.2) is 0 Å². The Balaban J connectivity index is 1.82. The van der Waals surface area contributed by atoms with E-state index in [0.717, 1.165) is 12.3 Å². The van der Waals surface area contributed by atoms with Crippen molar-refractivity contribution in [1.82, 2.24) is 0 Å². The standard InChI is InChI=1S/C19H25N3O/c1-2-3-4-5-6-15-7-9-16(10-8-15)17-11-13-18(14-12-17)19(23)21-22-20/h2,11-16H,1,3-10H2. The molecular weight excluding hydrogens is 286 g/mol. The number of amides is 1. The van der Waals surface area contributed by atoms with E-state index in [1.54, 1.807) is 12.1 Å². The summed E-state index contributed by atoms with van der Waals surface area (Å²) in [5.41, 5.74) is 10.1. The number of azide groups is 1. The zero-order chi connectivity index (χ0) is 16.5. The van der Waals surface area contributed by atoms with Gasteiger partial charge in [-0.2, -0.15) is 0 Å². The summed E-state index contributed by atoms with van der Waals surface area (Å²) in [6.07, 6.45) is 12.1. The molecule has 4 nitrogen and oxygen atoms in total. The van der Waals surface area contributed by atoms with Gasteiger partial charge in [0.1, 0.15) is 0 Å². The molecule has 0 aliphatic heterocycles. The summed E-state index contributed by atoms with van der Waals surface area (Å²) in [6, 6.07) is 7.56. The van der Waals surface area contributed by atoms with Crippen molar-refractivity contribution < 1.29 is 4.79 Å². The molecule has 0 N–H and O–H groups in total. The van der Waals surface area contributed by atoms with E-state index in [4.69, 9.17) is 5.53 Å². The summed E-state index contributed by atoms with van der Waals surface area (Å²) in [5.74, 6) is 0.965. The van der Waals surface area contributed by atoms with Crippen LogP contribution in [0.4, 0.5) is 0 Å². The zero-order valence-electron chi connectivity index (χ0n) is 13.7. The van der Waals surface area contributed by atoms with Crippen molar-refractivity contribution in [1.29, 1.82) is 0 Å². The molecular formula is C19H25N3O. The van der Waals surface area contributed by atoms with Crippen molar-refractivity contribution in [3.63, 3.8) is 0 Å². The number of hydrogen-bond acceptors (Lipinski definition) is 1. The zero-order valence-corrected chi connectivity index (χ0v) is 13.7. The molecule has 1 aliphatic rings. The predicted octanol–water partition coefficient (Wildman–Crippen LogP) is 6.16. The van der Waals surface area contributed by atoms with Gasteiger partial charge < -0.3 is 0 Å². The maximum atomic E-state index is 11.5. The molecule has 0 aromatic heterocycles. The van der Waals surface area contributed by atoms with Crippen LogP contribution in [-0.2, 0) is 0 Å². The minimum atomic E-state index is -0.512. The number of allylic oxidation sites excluding steroid dienone is 1. The topological polar surface area (TPSA) is 65.8 Å². The van der Waals surface area contributed by atoms with Crippen LogP contribution < -0.4 is 0 Å². The molecule has 0 spiro atoms. The van der Waals surface area contributed by atoms with Crippen molar-refractivity contribution in [2.75, 3.05) is 0 Å². The molecule has 1 fully saturated rings. The summed E-state index contributed by atoms with van der Waals surface area (Å²) in [5, 5.41) is 3.12. The molecule has 0 atom stereocenters. The highest BCUT2D eigenvalue weighted by molar-refractivity contribution is 5.94. The van der Waals surface area contributed by atoms with Crippen LogP contribution in [0.1, 0.15) is 73.2 Å². The van der Waals surface area contributed by atoms with Crippen LogP contribution in [0, 0.1) is 5.92 Å². The van der Waals surface area contributed by atoms with Crippen molar-refractivity contribution in [2.45, 2.75) is 57.3 Å². The summed E-state index contributed by atoms with van der Waals surface area (Å²) in [7, 11) is 0. The molecule has 0 unspecified atom stereocenters. The van der Waals surface area contributed by atoms with Gasteiger partial charge in [-0.15, -0.1) is 6.58 Å². The summed E-state index contributed by atoms with van der Waals surface area (Å²) >= 11 is 0. The first-order valence-electron chi connectivity index (χ1n) is 8.55. The molecule has 1 aromatic rings. The molecule has 1 saturated carbocycles. The highest BCUT2D eigenvalue weighted by Gasteiger charge is 2.22. The first kappa shape index (κ1) is 17.3. The van der Waals surface area contributed by atoms with E-state index in [2.05, 4.69) is 16.6 Å². The number of benzene rings is 1. The SMILES string of the molecule is C=CCCCCC1CCC(c2ccc(C(=O)N=[N+]=[N-])cc2)CC1. The van der Waals surface area contributed by atoms with Gasteiger partial charge in [0.25, 0.3) is 0 Å². The third-order valence-electron chi connectivity index (χ3n) is 4.88. The van der Waals surface area contributed by atoms with Gasteiger partial charge in [0, 0.05) is 10.5 Å². The monoisotopic (exact) mass is 311 g/mol. The Labute approximate surface area is 138 Å². The number of carbonyl (C=O) groups excluding carboxylic acids is 1. The Kier molecular flexibility index (Phi) is 6.89. The smallest absolute Gasteiger partial charge is 0.249 e. The third-order valence-corrected chi connectivity index (χ3v) is 4.88. The Bertz CT molecular complexity index is 565. The number of nitrogens with zero attached hydrogens (tertiary/aromatic N) is 3. The van der Waals surface area contributed by atoms with Crippen LogP contribution in [-0.4, -0.2) is 5.91 Å². The number of rotatable bonds is 7. The fourth-order valence-corrected chi connectivity index (χ4v) is 3.50. The largest absolute Gasteiger partial charge is 0.287 e. The fraction of sp³-hybridized carbons (Fsp3) is 0.526. The van der Waals surface area contributed by atoms with E-state index < -0.39 is 5.91 Å². The van der Waals surface area contributed by atoms with Gasteiger partial charge in [-0.3, -0.25) is 4.79 Å². The Hall–Kier alpha value is -2.06. The summed E-state index contributed by atoms with van der Waals surface area (Å²) in [6.45, 7) is 3.77. The van der Waals surface area contributed by atoms with Gasteiger partial charge in [-0.1, -0.05) is 43.2 Å². The van der Waals surface area contributed by atoms with Crippen LogP contribution in [0.5, 0.6) is 0 Å². The molecule has 1 amide bonds. The average Bonchev–Trinajstić information content (AvgIpc) is 2.60. The first-order valence-corrected chi connectivity index (χ1v) is 8.55. The highest BCUT2D eigenvalue weighted by atomic mass is 16.1.